The first-order valence-corrected chi connectivity index (χ1v) is 11.9. The van der Waals surface area contributed by atoms with E-state index in [1.54, 1.807) is 42.5 Å². The second-order valence-electron chi connectivity index (χ2n) is 7.87. The number of carbonyl (C=O) groups is 1. The minimum Gasteiger partial charge on any atom is -0.493 e. The Morgan fingerprint density at radius 2 is 1.62 bits per heavy atom. The van der Waals surface area contributed by atoms with E-state index in [9.17, 15) is 15.2 Å². The molecule has 1 N–H and O–H groups in total. The number of aliphatic hydroxyl groups excluding tert-OH is 1. The normalized spacial score (nSPS) is 11.4. The number of hydrogen-bond acceptors (Lipinski definition) is 10. The molecule has 0 radical (unpaired) electrons. The number of carbonyl (C=O) groups excluding carboxylic acids is 1. The van der Waals surface area contributed by atoms with Gasteiger partial charge in [-0.3, -0.25) is 0 Å². The van der Waals surface area contributed by atoms with Crippen LogP contribution in [0.25, 0.3) is 17.0 Å². The number of hydrogen-bond donors (Lipinski definition) is 1. The summed E-state index contributed by atoms with van der Waals surface area (Å²) in [7, 11) is 2.96. The van der Waals surface area contributed by atoms with E-state index in [1.165, 1.54) is 20.3 Å². The molecule has 0 amide bonds. The molecule has 11 nitrogen and oxygen atoms in total. The van der Waals surface area contributed by atoms with E-state index >= 15 is 0 Å². The number of ether oxygens (including phenoxy) is 5. The number of esters is 1. The minimum absolute atomic E-state index is 0.0476. The summed E-state index contributed by atoms with van der Waals surface area (Å²) in [6.07, 6.45) is 2.05. The number of methoxy groups -OCH3 is 2. The van der Waals surface area contributed by atoms with Crippen LogP contribution in [0, 0.1) is 17.9 Å². The lowest BCUT2D eigenvalue weighted by atomic mass is 10.1. The topological polar surface area (TPSA) is 130 Å². The fourth-order valence-corrected chi connectivity index (χ4v) is 2.99. The monoisotopic (exact) mass is 550 g/mol. The van der Waals surface area contributed by atoms with Crippen molar-refractivity contribution in [1.82, 2.24) is 0 Å². The smallest absolute Gasteiger partial charge is 0.348 e. The highest BCUT2D eigenvalue weighted by molar-refractivity contribution is 5.98. The first-order valence-electron chi connectivity index (χ1n) is 11.9. The maximum atomic E-state index is 12.2. The Kier molecular flexibility index (Phi) is 13.3. The highest BCUT2D eigenvalue weighted by Crippen LogP contribution is 2.30. The highest BCUT2D eigenvalue weighted by Gasteiger charge is 2.14. The van der Waals surface area contributed by atoms with E-state index < -0.39 is 12.1 Å². The summed E-state index contributed by atoms with van der Waals surface area (Å²) in [5.74, 6) is 0.788. The van der Waals surface area contributed by atoms with Crippen LogP contribution in [0.1, 0.15) is 11.1 Å². The standard InChI is InChI=1S/C29H30N2O9/c1-6-21-7-9-25(27(14-21)34-4)37-18-24(32)19-38-26-10-8-22(15-28(26)35-5)13-23(16-30)29(33)36-11-12-39-40-17-20(2)31-3/h6-10,13-15,24,32H,1-2,11-12,17-19H2,4-5H3/b23-13-. The molecular formula is C29H30N2O9. The zero-order valence-electron chi connectivity index (χ0n) is 22.3. The molecule has 2 rings (SSSR count). The molecule has 0 aliphatic heterocycles. The third kappa shape index (κ3) is 10.2. The van der Waals surface area contributed by atoms with Gasteiger partial charge in [-0.1, -0.05) is 31.4 Å². The molecule has 0 spiro atoms. The van der Waals surface area contributed by atoms with Crippen molar-refractivity contribution >= 4 is 18.1 Å². The largest absolute Gasteiger partial charge is 0.493 e. The van der Waals surface area contributed by atoms with E-state index in [0.29, 0.717) is 28.6 Å². The molecule has 1 atom stereocenters. The van der Waals surface area contributed by atoms with Crippen LogP contribution < -0.4 is 18.9 Å². The quantitative estimate of drug-likeness (QED) is 0.0587. The molecule has 2 aromatic carbocycles. The van der Waals surface area contributed by atoms with Gasteiger partial charge < -0.3 is 28.8 Å². The van der Waals surface area contributed by atoms with Crippen LogP contribution in [0.4, 0.5) is 0 Å². The van der Waals surface area contributed by atoms with E-state index in [4.69, 9.17) is 40.0 Å². The van der Waals surface area contributed by atoms with Crippen molar-refractivity contribution in [2.75, 3.05) is 47.3 Å². The Hall–Kier alpha value is -4.81. The predicted molar refractivity (Wildman–Crippen MR) is 145 cm³/mol. The van der Waals surface area contributed by atoms with Crippen molar-refractivity contribution in [3.63, 3.8) is 0 Å². The Morgan fingerprint density at radius 1 is 1.02 bits per heavy atom. The number of nitriles is 1. The lowest BCUT2D eigenvalue weighted by Gasteiger charge is -2.17. The van der Waals surface area contributed by atoms with E-state index in [2.05, 4.69) is 18.0 Å². The minimum atomic E-state index is -0.964. The molecule has 40 heavy (non-hydrogen) atoms. The fourth-order valence-electron chi connectivity index (χ4n) is 2.99. The molecule has 210 valence electrons. The average molecular weight is 551 g/mol. The lowest BCUT2D eigenvalue weighted by molar-refractivity contribution is -0.291. The van der Waals surface area contributed by atoms with E-state index in [1.807, 2.05) is 6.07 Å². The zero-order chi connectivity index (χ0) is 29.3. The van der Waals surface area contributed by atoms with Gasteiger partial charge in [-0.25, -0.2) is 19.4 Å². The van der Waals surface area contributed by atoms with Crippen LogP contribution in [0.5, 0.6) is 23.0 Å². The van der Waals surface area contributed by atoms with Crippen LogP contribution in [-0.4, -0.2) is 64.4 Å². The van der Waals surface area contributed by atoms with E-state index in [0.717, 1.165) is 5.56 Å². The Bertz CT molecular complexity index is 1290. The maximum Gasteiger partial charge on any atom is 0.348 e. The van der Waals surface area contributed by atoms with Gasteiger partial charge in [-0.15, -0.1) is 0 Å². The fraction of sp³-hybridized carbons (Fsp3) is 0.276. The second kappa shape index (κ2) is 16.9. The molecule has 0 fully saturated rings. The summed E-state index contributed by atoms with van der Waals surface area (Å²) in [4.78, 5) is 24.8. The van der Waals surface area contributed by atoms with Crippen molar-refractivity contribution < 1.29 is 43.4 Å². The maximum absolute atomic E-state index is 12.2. The van der Waals surface area contributed by atoms with Gasteiger partial charge in [0.25, 0.3) is 0 Å². The molecular weight excluding hydrogens is 520 g/mol. The molecule has 0 saturated heterocycles. The molecule has 0 aliphatic carbocycles. The van der Waals surface area contributed by atoms with Crippen molar-refractivity contribution in [2.24, 2.45) is 0 Å². The Morgan fingerprint density at radius 3 is 2.17 bits per heavy atom. The van der Waals surface area contributed by atoms with Crippen LogP contribution in [0.2, 0.25) is 0 Å². The number of nitrogens with zero attached hydrogens (tertiary/aromatic N) is 2. The Labute approximate surface area is 232 Å². The SMILES string of the molecule is [C-]#[N+]C(=C)COOCCOC(=O)/C(C#N)=C\c1ccc(OCC(O)COc2ccc(C=C)cc2OC)c(OC)c1. The van der Waals surface area contributed by atoms with Gasteiger partial charge in [0.2, 0.25) is 0 Å². The van der Waals surface area contributed by atoms with E-state index in [-0.39, 0.29) is 44.3 Å². The van der Waals surface area contributed by atoms with Gasteiger partial charge in [-0.05, 0) is 41.5 Å². The molecule has 0 aromatic heterocycles. The summed E-state index contributed by atoms with van der Waals surface area (Å²) < 4.78 is 27.0. The van der Waals surface area contributed by atoms with Crippen molar-refractivity contribution in [1.29, 1.82) is 5.26 Å². The van der Waals surface area contributed by atoms with Gasteiger partial charge >= 0.3 is 5.97 Å². The molecule has 0 saturated carbocycles. The van der Waals surface area contributed by atoms with Gasteiger partial charge in [-0.2, -0.15) is 5.26 Å². The number of benzene rings is 2. The summed E-state index contributed by atoms with van der Waals surface area (Å²) in [6.45, 7) is 13.4. The number of aliphatic hydroxyl groups is 1. The third-order valence-corrected chi connectivity index (χ3v) is 4.99. The predicted octanol–water partition coefficient (Wildman–Crippen LogP) is 4.00. The summed E-state index contributed by atoms with van der Waals surface area (Å²) >= 11 is 0. The van der Waals surface area contributed by atoms with Gasteiger partial charge in [0.05, 0.1) is 20.8 Å². The Balaban J connectivity index is 1.91. The molecule has 1 unspecified atom stereocenters. The first kappa shape index (κ1) is 31.4. The van der Waals surface area contributed by atoms with Crippen molar-refractivity contribution in [2.45, 2.75) is 6.10 Å². The highest BCUT2D eigenvalue weighted by atomic mass is 17.2. The van der Waals surface area contributed by atoms with Crippen molar-refractivity contribution in [3.8, 4) is 29.1 Å². The zero-order valence-corrected chi connectivity index (χ0v) is 22.3. The molecule has 0 bridgehead atoms. The molecule has 0 heterocycles. The first-order chi connectivity index (χ1) is 19.3. The van der Waals surface area contributed by atoms with Crippen LogP contribution >= 0.6 is 0 Å². The third-order valence-electron chi connectivity index (χ3n) is 4.99. The molecule has 11 heteroatoms. The van der Waals surface area contributed by atoms with Crippen molar-refractivity contribution in [3.05, 3.63) is 83.4 Å². The van der Waals surface area contributed by atoms with Gasteiger partial charge in [0.15, 0.2) is 28.7 Å². The summed E-state index contributed by atoms with van der Waals surface area (Å²) in [6, 6.07) is 11.9. The second-order valence-corrected chi connectivity index (χ2v) is 7.87. The number of rotatable bonds is 17. The lowest BCUT2D eigenvalue weighted by Crippen LogP contribution is -2.25. The average Bonchev–Trinajstić information content (AvgIpc) is 2.98. The van der Waals surface area contributed by atoms with Gasteiger partial charge in [0, 0.05) is 0 Å². The molecule has 0 aliphatic rings. The summed E-state index contributed by atoms with van der Waals surface area (Å²) in [5, 5.41) is 19.7. The van der Waals surface area contributed by atoms with Crippen LogP contribution in [0.3, 0.4) is 0 Å². The van der Waals surface area contributed by atoms with Crippen LogP contribution in [-0.2, 0) is 19.3 Å². The molecule has 2 aromatic rings. The van der Waals surface area contributed by atoms with Crippen LogP contribution in [0.15, 0.2) is 60.8 Å². The van der Waals surface area contributed by atoms with Gasteiger partial charge in [0.1, 0.15) is 50.8 Å². The summed E-state index contributed by atoms with van der Waals surface area (Å²) in [5.41, 5.74) is 1.26.